The molecule has 0 unspecified atom stereocenters. The van der Waals surface area contributed by atoms with Crippen LogP contribution in [-0.2, 0) is 4.74 Å². The molecule has 176 valence electrons. The number of likely N-dealkylation sites (tertiary alicyclic amines) is 1. The van der Waals surface area contributed by atoms with Crippen LogP contribution >= 0.6 is 0 Å². The SMILES string of the molecule is COC1CCC(Nc2ncc3c(-c4ccc5ncc(C(=O)N6CCCC6)n5c4)ccn3n2)CC1. The Kier molecular flexibility index (Phi) is 5.41. The van der Waals surface area contributed by atoms with Crippen LogP contribution in [0.2, 0.25) is 0 Å². The van der Waals surface area contributed by atoms with Crippen LogP contribution in [0.3, 0.4) is 0 Å². The maximum Gasteiger partial charge on any atom is 0.272 e. The monoisotopic (exact) mass is 459 g/mol. The third-order valence-corrected chi connectivity index (χ3v) is 7.19. The van der Waals surface area contributed by atoms with E-state index < -0.39 is 0 Å². The summed E-state index contributed by atoms with van der Waals surface area (Å²) in [6.45, 7) is 1.63. The number of anilines is 1. The number of rotatable bonds is 5. The highest BCUT2D eigenvalue weighted by atomic mass is 16.5. The lowest BCUT2D eigenvalue weighted by Crippen LogP contribution is -2.30. The molecule has 1 aliphatic heterocycles. The van der Waals surface area contributed by atoms with Gasteiger partial charge in [-0.15, -0.1) is 5.10 Å². The van der Waals surface area contributed by atoms with Crippen molar-refractivity contribution in [3.8, 4) is 11.1 Å². The summed E-state index contributed by atoms with van der Waals surface area (Å²) in [7, 11) is 1.79. The lowest BCUT2D eigenvalue weighted by Gasteiger charge is -2.28. The molecule has 1 saturated heterocycles. The topological polar surface area (TPSA) is 89.1 Å². The fraction of sp³-hybridized carbons (Fsp3) is 0.440. The van der Waals surface area contributed by atoms with Crippen molar-refractivity contribution in [1.82, 2.24) is 28.9 Å². The fourth-order valence-electron chi connectivity index (χ4n) is 5.22. The normalized spacial score (nSPS) is 20.9. The Balaban J connectivity index is 1.26. The van der Waals surface area contributed by atoms with Gasteiger partial charge in [-0.25, -0.2) is 14.5 Å². The predicted octanol–water partition coefficient (Wildman–Crippen LogP) is 3.65. The van der Waals surface area contributed by atoms with Gasteiger partial charge in [0.25, 0.3) is 5.91 Å². The van der Waals surface area contributed by atoms with E-state index in [0.717, 1.165) is 73.9 Å². The number of hydrogen-bond acceptors (Lipinski definition) is 6. The Bertz CT molecular complexity index is 1330. The molecule has 1 saturated carbocycles. The number of aromatic nitrogens is 5. The highest BCUT2D eigenvalue weighted by molar-refractivity contribution is 5.93. The molecule has 5 heterocycles. The smallest absolute Gasteiger partial charge is 0.272 e. The van der Waals surface area contributed by atoms with E-state index >= 15 is 0 Å². The Labute approximate surface area is 197 Å². The van der Waals surface area contributed by atoms with Crippen molar-refractivity contribution in [1.29, 1.82) is 0 Å². The maximum atomic E-state index is 13.0. The zero-order valence-corrected chi connectivity index (χ0v) is 19.4. The molecule has 0 spiro atoms. The van der Waals surface area contributed by atoms with Crippen LogP contribution in [0.25, 0.3) is 22.3 Å². The molecule has 0 atom stereocenters. The van der Waals surface area contributed by atoms with E-state index in [-0.39, 0.29) is 5.91 Å². The molecular weight excluding hydrogens is 430 g/mol. The van der Waals surface area contributed by atoms with Crippen molar-refractivity contribution in [3.63, 3.8) is 0 Å². The number of nitrogens with one attached hydrogen (secondary N) is 1. The molecular formula is C25H29N7O2. The van der Waals surface area contributed by atoms with E-state index in [9.17, 15) is 4.79 Å². The first kappa shape index (κ1) is 21.1. The largest absolute Gasteiger partial charge is 0.381 e. The maximum absolute atomic E-state index is 13.0. The van der Waals surface area contributed by atoms with Crippen LogP contribution in [0.4, 0.5) is 5.95 Å². The molecule has 34 heavy (non-hydrogen) atoms. The number of amides is 1. The fourth-order valence-corrected chi connectivity index (χ4v) is 5.22. The van der Waals surface area contributed by atoms with E-state index in [1.807, 2.05) is 50.6 Å². The Morgan fingerprint density at radius 1 is 1.06 bits per heavy atom. The van der Waals surface area contributed by atoms with Gasteiger partial charge in [-0.1, -0.05) is 0 Å². The van der Waals surface area contributed by atoms with Gasteiger partial charge in [0.1, 0.15) is 11.3 Å². The van der Waals surface area contributed by atoms with Crippen molar-refractivity contribution in [3.05, 3.63) is 48.7 Å². The summed E-state index contributed by atoms with van der Waals surface area (Å²) in [5.41, 5.74) is 4.29. The Hall–Kier alpha value is -3.46. The van der Waals surface area contributed by atoms with Gasteiger partial charge in [-0.05, 0) is 56.7 Å². The molecule has 9 heteroatoms. The van der Waals surface area contributed by atoms with Crippen molar-refractivity contribution < 1.29 is 9.53 Å². The average Bonchev–Trinajstić information content (AvgIpc) is 3.63. The number of methoxy groups -OCH3 is 1. The second-order valence-corrected chi connectivity index (χ2v) is 9.28. The lowest BCUT2D eigenvalue weighted by molar-refractivity contribution is 0.0681. The number of carbonyl (C=O) groups excluding carboxylic acids is 1. The van der Waals surface area contributed by atoms with Crippen LogP contribution in [0.15, 0.2) is 43.0 Å². The molecule has 1 aliphatic carbocycles. The van der Waals surface area contributed by atoms with Gasteiger partial charge in [-0.3, -0.25) is 9.20 Å². The third-order valence-electron chi connectivity index (χ3n) is 7.19. The van der Waals surface area contributed by atoms with Crippen LogP contribution in [-0.4, -0.2) is 67.1 Å². The second-order valence-electron chi connectivity index (χ2n) is 9.28. The molecule has 2 fully saturated rings. The number of hydrogen-bond donors (Lipinski definition) is 1. The lowest BCUT2D eigenvalue weighted by atomic mass is 9.93. The van der Waals surface area contributed by atoms with Gasteiger partial charge < -0.3 is 15.0 Å². The van der Waals surface area contributed by atoms with E-state index in [0.29, 0.717) is 23.8 Å². The number of ether oxygens (including phenoxy) is 1. The van der Waals surface area contributed by atoms with E-state index in [1.54, 1.807) is 13.3 Å². The van der Waals surface area contributed by atoms with Gasteiger partial charge in [0, 0.05) is 49.8 Å². The molecule has 0 radical (unpaired) electrons. The number of imidazole rings is 1. The van der Waals surface area contributed by atoms with Crippen molar-refractivity contribution >= 4 is 23.0 Å². The number of carbonyl (C=O) groups is 1. The van der Waals surface area contributed by atoms with Gasteiger partial charge in [0.05, 0.1) is 24.0 Å². The molecule has 4 aromatic heterocycles. The summed E-state index contributed by atoms with van der Waals surface area (Å²) in [5, 5.41) is 8.17. The highest BCUT2D eigenvalue weighted by Gasteiger charge is 2.23. The molecule has 1 N–H and O–H groups in total. The Morgan fingerprint density at radius 3 is 2.68 bits per heavy atom. The summed E-state index contributed by atoms with van der Waals surface area (Å²) in [6, 6.07) is 6.39. The van der Waals surface area contributed by atoms with Gasteiger partial charge in [0.2, 0.25) is 5.95 Å². The van der Waals surface area contributed by atoms with Crippen molar-refractivity contribution in [2.45, 2.75) is 50.7 Å². The quantitative estimate of drug-likeness (QED) is 0.490. The summed E-state index contributed by atoms with van der Waals surface area (Å²) in [4.78, 5) is 23.9. The summed E-state index contributed by atoms with van der Waals surface area (Å²) in [5.74, 6) is 0.682. The van der Waals surface area contributed by atoms with E-state index in [4.69, 9.17) is 4.74 Å². The van der Waals surface area contributed by atoms with Gasteiger partial charge in [-0.2, -0.15) is 0 Å². The standard InChI is InChI=1S/C25H29N7O2/c1-34-19-7-5-18(6-8-19)28-25-27-14-21-20(10-13-32(21)29-25)17-4-9-23-26-15-22(31(23)16-17)24(33)30-11-2-3-12-30/h4,9-10,13-16,18-19H,2-3,5-8,11-12H2,1H3,(H,28,29). The van der Waals surface area contributed by atoms with Crippen molar-refractivity contribution in [2.75, 3.05) is 25.5 Å². The zero-order valence-electron chi connectivity index (χ0n) is 19.4. The van der Waals surface area contributed by atoms with E-state index in [1.165, 1.54) is 0 Å². The third kappa shape index (κ3) is 3.79. The summed E-state index contributed by atoms with van der Waals surface area (Å²) < 4.78 is 9.23. The Morgan fingerprint density at radius 2 is 1.88 bits per heavy atom. The van der Waals surface area contributed by atoms with Crippen LogP contribution in [0.1, 0.15) is 49.0 Å². The summed E-state index contributed by atoms with van der Waals surface area (Å²) in [6.07, 6.45) is 14.2. The van der Waals surface area contributed by atoms with Crippen molar-refractivity contribution in [2.24, 2.45) is 0 Å². The minimum atomic E-state index is 0.0440. The van der Waals surface area contributed by atoms with Crippen LogP contribution < -0.4 is 5.32 Å². The first-order valence-corrected chi connectivity index (χ1v) is 12.1. The first-order chi connectivity index (χ1) is 16.7. The molecule has 2 aliphatic rings. The summed E-state index contributed by atoms with van der Waals surface area (Å²) >= 11 is 0. The predicted molar refractivity (Wildman–Crippen MR) is 129 cm³/mol. The minimum Gasteiger partial charge on any atom is -0.381 e. The minimum absolute atomic E-state index is 0.0440. The number of nitrogens with zero attached hydrogens (tertiary/aromatic N) is 6. The molecule has 0 aromatic carbocycles. The van der Waals surface area contributed by atoms with Gasteiger partial charge in [0.15, 0.2) is 0 Å². The molecule has 9 nitrogen and oxygen atoms in total. The molecule has 1 amide bonds. The molecule has 6 rings (SSSR count). The second kappa shape index (κ2) is 8.72. The number of fused-ring (bicyclic) bond motifs is 2. The first-order valence-electron chi connectivity index (χ1n) is 12.1. The molecule has 0 bridgehead atoms. The van der Waals surface area contributed by atoms with Gasteiger partial charge >= 0.3 is 0 Å². The molecule has 4 aromatic rings. The van der Waals surface area contributed by atoms with Crippen LogP contribution in [0, 0.1) is 0 Å². The average molecular weight is 460 g/mol. The van der Waals surface area contributed by atoms with E-state index in [2.05, 4.69) is 20.4 Å². The zero-order chi connectivity index (χ0) is 23.1. The van der Waals surface area contributed by atoms with Crippen LogP contribution in [0.5, 0.6) is 0 Å². The number of pyridine rings is 1. The highest BCUT2D eigenvalue weighted by Crippen LogP contribution is 2.27.